The van der Waals surface area contributed by atoms with E-state index in [9.17, 15) is 9.59 Å². The lowest BCUT2D eigenvalue weighted by molar-refractivity contribution is -0.144. The number of amides is 2. The third-order valence-corrected chi connectivity index (χ3v) is 4.54. The van der Waals surface area contributed by atoms with Crippen molar-refractivity contribution in [2.75, 3.05) is 13.7 Å². The van der Waals surface area contributed by atoms with Crippen LogP contribution in [0.3, 0.4) is 0 Å². The molecule has 2 aromatic rings. The molecule has 3 rings (SSSR count). The van der Waals surface area contributed by atoms with Crippen LogP contribution in [0.15, 0.2) is 48.5 Å². The molecule has 1 heterocycles. The highest BCUT2D eigenvalue weighted by molar-refractivity contribution is 5.95. The Hall–Kier alpha value is -2.82. The number of piperazine rings is 1. The molecule has 5 nitrogen and oxygen atoms in total. The quantitative estimate of drug-likeness (QED) is 0.908. The number of methoxy groups -OCH3 is 1. The molecule has 130 valence electrons. The van der Waals surface area contributed by atoms with E-state index in [0.29, 0.717) is 13.0 Å². The minimum Gasteiger partial charge on any atom is -0.496 e. The first-order valence-corrected chi connectivity index (χ1v) is 8.33. The molecule has 0 radical (unpaired) electrons. The largest absolute Gasteiger partial charge is 0.496 e. The fraction of sp³-hybridized carbons (Fsp3) is 0.300. The normalized spacial score (nSPS) is 17.4. The number of ether oxygens (including phenoxy) is 1. The zero-order valence-corrected chi connectivity index (χ0v) is 14.5. The van der Waals surface area contributed by atoms with Crippen molar-refractivity contribution in [3.05, 3.63) is 65.2 Å². The van der Waals surface area contributed by atoms with Gasteiger partial charge in [-0.2, -0.15) is 0 Å². The maximum Gasteiger partial charge on any atom is 0.246 e. The molecule has 2 amide bonds. The van der Waals surface area contributed by atoms with Gasteiger partial charge in [-0.3, -0.25) is 9.59 Å². The van der Waals surface area contributed by atoms with Gasteiger partial charge in [0.2, 0.25) is 11.8 Å². The molecule has 1 unspecified atom stereocenters. The molecule has 1 atom stereocenters. The highest BCUT2D eigenvalue weighted by atomic mass is 16.5. The van der Waals surface area contributed by atoms with Gasteiger partial charge >= 0.3 is 0 Å². The van der Waals surface area contributed by atoms with E-state index in [4.69, 9.17) is 4.74 Å². The maximum absolute atomic E-state index is 12.8. The van der Waals surface area contributed by atoms with Gasteiger partial charge in [0, 0.05) is 13.0 Å². The van der Waals surface area contributed by atoms with Crippen LogP contribution in [0.4, 0.5) is 0 Å². The molecular formula is C20H22N2O3. The molecule has 1 saturated heterocycles. The Labute approximate surface area is 147 Å². The summed E-state index contributed by atoms with van der Waals surface area (Å²) < 4.78 is 5.34. The molecular weight excluding hydrogens is 316 g/mol. The van der Waals surface area contributed by atoms with Crippen LogP contribution in [-0.4, -0.2) is 36.4 Å². The van der Waals surface area contributed by atoms with E-state index in [1.54, 1.807) is 12.0 Å². The molecule has 2 aromatic carbocycles. The molecule has 0 aliphatic carbocycles. The first kappa shape index (κ1) is 17.0. The van der Waals surface area contributed by atoms with Gasteiger partial charge in [-0.25, -0.2) is 0 Å². The fourth-order valence-electron chi connectivity index (χ4n) is 3.17. The van der Waals surface area contributed by atoms with Crippen LogP contribution in [0.1, 0.15) is 16.7 Å². The molecule has 1 fully saturated rings. The third kappa shape index (κ3) is 3.82. The number of carbonyl (C=O) groups excluding carboxylic acids is 2. The summed E-state index contributed by atoms with van der Waals surface area (Å²) in [6.07, 6.45) is 0.457. The van der Waals surface area contributed by atoms with Crippen molar-refractivity contribution < 1.29 is 14.3 Å². The zero-order valence-electron chi connectivity index (χ0n) is 14.5. The Balaban J connectivity index is 1.77. The highest BCUT2D eigenvalue weighted by Crippen LogP contribution is 2.23. The van der Waals surface area contributed by atoms with Gasteiger partial charge in [0.15, 0.2) is 0 Å². The van der Waals surface area contributed by atoms with Crippen LogP contribution in [0.5, 0.6) is 5.75 Å². The van der Waals surface area contributed by atoms with Crippen molar-refractivity contribution >= 4 is 11.8 Å². The molecule has 1 aliphatic rings. The van der Waals surface area contributed by atoms with Gasteiger partial charge in [0.05, 0.1) is 13.7 Å². The number of hydrogen-bond donors (Lipinski definition) is 1. The lowest BCUT2D eigenvalue weighted by atomic mass is 9.98. The number of nitrogens with zero attached hydrogens (tertiary/aromatic N) is 1. The van der Waals surface area contributed by atoms with E-state index < -0.39 is 6.04 Å². The van der Waals surface area contributed by atoms with E-state index >= 15 is 0 Å². The van der Waals surface area contributed by atoms with Crippen molar-refractivity contribution in [2.45, 2.75) is 25.9 Å². The molecule has 0 saturated carbocycles. The topological polar surface area (TPSA) is 58.6 Å². The molecule has 0 bridgehead atoms. The van der Waals surface area contributed by atoms with Gasteiger partial charge in [-0.1, -0.05) is 42.5 Å². The van der Waals surface area contributed by atoms with Gasteiger partial charge < -0.3 is 15.0 Å². The van der Waals surface area contributed by atoms with E-state index in [2.05, 4.69) is 5.32 Å². The number of benzene rings is 2. The monoisotopic (exact) mass is 338 g/mol. The predicted octanol–water partition coefficient (Wildman–Crippen LogP) is 2.07. The lowest BCUT2D eigenvalue weighted by Crippen LogP contribution is -2.58. The number of rotatable bonds is 5. The van der Waals surface area contributed by atoms with Gasteiger partial charge in [-0.15, -0.1) is 0 Å². The SMILES string of the molecule is COc1cccc(CC2NC(=O)CN(Cc3ccccc3)C2=O)c1C. The van der Waals surface area contributed by atoms with E-state index in [0.717, 1.165) is 22.4 Å². The summed E-state index contributed by atoms with van der Waals surface area (Å²) in [6, 6.07) is 14.9. The summed E-state index contributed by atoms with van der Waals surface area (Å²) in [6.45, 7) is 2.51. The molecule has 5 heteroatoms. The zero-order chi connectivity index (χ0) is 17.8. The summed E-state index contributed by atoms with van der Waals surface area (Å²) >= 11 is 0. The van der Waals surface area contributed by atoms with E-state index in [1.807, 2.05) is 55.5 Å². The second-order valence-corrected chi connectivity index (χ2v) is 6.25. The summed E-state index contributed by atoms with van der Waals surface area (Å²) in [5.41, 5.74) is 3.01. The van der Waals surface area contributed by atoms with Gasteiger partial charge in [-0.05, 0) is 29.7 Å². The standard InChI is InChI=1S/C20H22N2O3/c1-14-16(9-6-10-18(14)25-2)11-17-20(24)22(13-19(23)21-17)12-15-7-4-3-5-8-15/h3-10,17H,11-13H2,1-2H3,(H,21,23). The first-order valence-electron chi connectivity index (χ1n) is 8.33. The van der Waals surface area contributed by atoms with E-state index in [-0.39, 0.29) is 18.4 Å². The molecule has 0 spiro atoms. The second-order valence-electron chi connectivity index (χ2n) is 6.25. The summed E-state index contributed by atoms with van der Waals surface area (Å²) in [5.74, 6) is 0.611. The molecule has 1 N–H and O–H groups in total. The minimum absolute atomic E-state index is 0.0503. The Kier molecular flexibility index (Phi) is 5.03. The molecule has 0 aromatic heterocycles. The summed E-state index contributed by atoms with van der Waals surface area (Å²) in [7, 11) is 1.63. The van der Waals surface area contributed by atoms with Crippen molar-refractivity contribution in [1.29, 1.82) is 0 Å². The van der Waals surface area contributed by atoms with Crippen molar-refractivity contribution in [3.8, 4) is 5.75 Å². The highest BCUT2D eigenvalue weighted by Gasteiger charge is 2.33. The Bertz CT molecular complexity index is 774. The van der Waals surface area contributed by atoms with Crippen LogP contribution in [0.25, 0.3) is 0 Å². The smallest absolute Gasteiger partial charge is 0.246 e. The minimum atomic E-state index is -0.546. The van der Waals surface area contributed by atoms with Crippen LogP contribution in [-0.2, 0) is 22.6 Å². The lowest BCUT2D eigenvalue weighted by Gasteiger charge is -2.33. The number of hydrogen-bond acceptors (Lipinski definition) is 3. The Morgan fingerprint density at radius 2 is 1.88 bits per heavy atom. The van der Waals surface area contributed by atoms with E-state index in [1.165, 1.54) is 0 Å². The van der Waals surface area contributed by atoms with Crippen molar-refractivity contribution in [2.24, 2.45) is 0 Å². The van der Waals surface area contributed by atoms with Crippen LogP contribution in [0.2, 0.25) is 0 Å². The molecule has 1 aliphatic heterocycles. The summed E-state index contributed by atoms with van der Waals surface area (Å²) in [4.78, 5) is 26.5. The average molecular weight is 338 g/mol. The second kappa shape index (κ2) is 7.38. The Morgan fingerprint density at radius 1 is 1.12 bits per heavy atom. The molecule has 25 heavy (non-hydrogen) atoms. The number of carbonyl (C=O) groups is 2. The predicted molar refractivity (Wildman–Crippen MR) is 95.2 cm³/mol. The van der Waals surface area contributed by atoms with Crippen LogP contribution >= 0.6 is 0 Å². The maximum atomic E-state index is 12.8. The average Bonchev–Trinajstić information content (AvgIpc) is 2.61. The number of nitrogens with one attached hydrogen (secondary N) is 1. The van der Waals surface area contributed by atoms with Gasteiger partial charge in [0.25, 0.3) is 0 Å². The van der Waals surface area contributed by atoms with Crippen LogP contribution in [0, 0.1) is 6.92 Å². The van der Waals surface area contributed by atoms with Crippen molar-refractivity contribution in [3.63, 3.8) is 0 Å². The first-order chi connectivity index (χ1) is 12.1. The Morgan fingerprint density at radius 3 is 2.60 bits per heavy atom. The van der Waals surface area contributed by atoms with Gasteiger partial charge in [0.1, 0.15) is 11.8 Å². The summed E-state index contributed by atoms with van der Waals surface area (Å²) in [5, 5.41) is 2.82. The van der Waals surface area contributed by atoms with Crippen LogP contribution < -0.4 is 10.1 Å². The van der Waals surface area contributed by atoms with Crippen molar-refractivity contribution in [1.82, 2.24) is 10.2 Å². The third-order valence-electron chi connectivity index (χ3n) is 4.54. The fourth-order valence-corrected chi connectivity index (χ4v) is 3.17.